The van der Waals surface area contributed by atoms with Gasteiger partial charge in [-0.3, -0.25) is 4.90 Å². The van der Waals surface area contributed by atoms with E-state index in [1.54, 1.807) is 0 Å². The average molecular weight is 448 g/mol. The Morgan fingerprint density at radius 1 is 1.04 bits per heavy atom. The summed E-state index contributed by atoms with van der Waals surface area (Å²) in [5.74, 6) is 0. The molecule has 0 bridgehead atoms. The maximum absolute atomic E-state index is 12.8. The Kier molecular flexibility index (Phi) is 10.1. The zero-order valence-corrected chi connectivity index (χ0v) is 15.9. The summed E-state index contributed by atoms with van der Waals surface area (Å²) >= 11 is 5.71. The molecule has 11 heteroatoms. The van der Waals surface area contributed by atoms with Crippen molar-refractivity contribution in [2.24, 2.45) is 0 Å². The predicted molar refractivity (Wildman–Crippen MR) is 93.4 cm³/mol. The van der Waals surface area contributed by atoms with Crippen molar-refractivity contribution < 1.29 is 26.3 Å². The third kappa shape index (κ3) is 7.31. The Morgan fingerprint density at radius 2 is 1.62 bits per heavy atom. The first kappa shape index (κ1) is 25.6. The lowest BCUT2D eigenvalue weighted by molar-refractivity contribution is -0.138. The average Bonchev–Trinajstić information content (AvgIpc) is 2.46. The topological polar surface area (TPSA) is 15.3 Å². The number of rotatable bonds is 4. The first-order chi connectivity index (χ1) is 11.1. The summed E-state index contributed by atoms with van der Waals surface area (Å²) in [6.07, 6.45) is -10.1. The largest absolute Gasteiger partial charge is 0.417 e. The summed E-state index contributed by atoms with van der Waals surface area (Å²) in [5.41, 5.74) is -0.609. The van der Waals surface area contributed by atoms with Gasteiger partial charge in [-0.1, -0.05) is 17.7 Å². The van der Waals surface area contributed by atoms with Crippen LogP contribution in [0.5, 0.6) is 0 Å². The third-order valence-corrected chi connectivity index (χ3v) is 4.29. The molecule has 1 aromatic rings. The third-order valence-electron chi connectivity index (χ3n) is 3.98. The van der Waals surface area contributed by atoms with Crippen molar-refractivity contribution in [2.45, 2.75) is 31.2 Å². The predicted octanol–water partition coefficient (Wildman–Crippen LogP) is 5.49. The molecule has 1 heterocycles. The molecule has 1 fully saturated rings. The SMILES string of the molecule is Cl.Cl.FC(F)(F)CC[C@@H](c1ccc(C(F)(F)F)c(Cl)c1)N1CCNCC1. The van der Waals surface area contributed by atoms with Crippen LogP contribution in [0, 0.1) is 0 Å². The number of alkyl halides is 6. The molecule has 1 aliphatic rings. The van der Waals surface area contributed by atoms with E-state index >= 15 is 0 Å². The summed E-state index contributed by atoms with van der Waals surface area (Å²) in [5, 5.41) is 2.60. The standard InChI is InChI=1S/C15H17ClF6N2.2ClH/c16-12-9-10(1-2-11(12)15(20,21)22)13(3-4-14(17,18)19)24-7-5-23-6-8-24;;/h1-2,9,13,23H,3-8H2;2*1H/t13-;;/m0../s1. The van der Waals surface area contributed by atoms with Gasteiger partial charge in [0, 0.05) is 38.6 Å². The van der Waals surface area contributed by atoms with Crippen LogP contribution in [0.4, 0.5) is 26.3 Å². The fourth-order valence-electron chi connectivity index (χ4n) is 2.82. The van der Waals surface area contributed by atoms with E-state index in [0.29, 0.717) is 31.7 Å². The van der Waals surface area contributed by atoms with Gasteiger partial charge in [-0.25, -0.2) is 0 Å². The van der Waals surface area contributed by atoms with E-state index in [9.17, 15) is 26.3 Å². The molecule has 2 nitrogen and oxygen atoms in total. The number of hydrogen-bond acceptors (Lipinski definition) is 2. The molecular formula is C15H19Cl3F6N2. The maximum Gasteiger partial charge on any atom is 0.417 e. The molecule has 0 aliphatic carbocycles. The van der Waals surface area contributed by atoms with E-state index in [2.05, 4.69) is 5.32 Å². The lowest BCUT2D eigenvalue weighted by atomic mass is 9.98. The Hall–Kier alpha value is -0.410. The number of nitrogens with one attached hydrogen (secondary N) is 1. The van der Waals surface area contributed by atoms with Crippen molar-refractivity contribution >= 4 is 36.4 Å². The minimum atomic E-state index is -4.59. The van der Waals surface area contributed by atoms with Crippen molar-refractivity contribution in [3.8, 4) is 0 Å². The Bertz CT molecular complexity index is 559. The minimum absolute atomic E-state index is 0. The number of piperazine rings is 1. The van der Waals surface area contributed by atoms with Crippen LogP contribution in [0.3, 0.4) is 0 Å². The lowest BCUT2D eigenvalue weighted by Gasteiger charge is -2.35. The fourth-order valence-corrected chi connectivity index (χ4v) is 3.12. The Morgan fingerprint density at radius 3 is 2.08 bits per heavy atom. The molecule has 0 radical (unpaired) electrons. The zero-order valence-electron chi connectivity index (χ0n) is 13.5. The summed E-state index contributed by atoms with van der Waals surface area (Å²) in [7, 11) is 0. The number of hydrogen-bond donors (Lipinski definition) is 1. The quantitative estimate of drug-likeness (QED) is 0.614. The van der Waals surface area contributed by atoms with Crippen molar-refractivity contribution in [3.05, 3.63) is 34.3 Å². The Balaban J connectivity index is 0.00000312. The van der Waals surface area contributed by atoms with Gasteiger partial charge in [-0.05, 0) is 24.1 Å². The highest BCUT2D eigenvalue weighted by molar-refractivity contribution is 6.31. The van der Waals surface area contributed by atoms with Gasteiger partial charge in [0.1, 0.15) is 0 Å². The maximum atomic E-state index is 12.8. The van der Waals surface area contributed by atoms with Crippen LogP contribution >= 0.6 is 36.4 Å². The first-order valence-corrected chi connectivity index (χ1v) is 7.84. The summed E-state index contributed by atoms with van der Waals surface area (Å²) in [6.45, 7) is 2.30. The second kappa shape index (κ2) is 10.2. The smallest absolute Gasteiger partial charge is 0.314 e. The van der Waals surface area contributed by atoms with Crippen molar-refractivity contribution in [3.63, 3.8) is 0 Å². The van der Waals surface area contributed by atoms with Gasteiger partial charge >= 0.3 is 12.4 Å². The van der Waals surface area contributed by atoms with E-state index in [0.717, 1.165) is 12.1 Å². The van der Waals surface area contributed by atoms with E-state index in [4.69, 9.17) is 11.6 Å². The van der Waals surface area contributed by atoms with E-state index in [-0.39, 0.29) is 31.2 Å². The highest BCUT2D eigenvalue weighted by Crippen LogP contribution is 2.38. The van der Waals surface area contributed by atoms with E-state index < -0.39 is 35.4 Å². The lowest BCUT2D eigenvalue weighted by Crippen LogP contribution is -2.45. The highest BCUT2D eigenvalue weighted by atomic mass is 35.5. The van der Waals surface area contributed by atoms with Crippen molar-refractivity contribution in [1.82, 2.24) is 10.2 Å². The molecule has 0 spiro atoms. The number of benzene rings is 1. The molecule has 1 aromatic carbocycles. The van der Waals surface area contributed by atoms with Crippen molar-refractivity contribution in [2.75, 3.05) is 26.2 Å². The van der Waals surface area contributed by atoms with Crippen LogP contribution in [0.2, 0.25) is 5.02 Å². The van der Waals surface area contributed by atoms with E-state index in [1.165, 1.54) is 6.07 Å². The Labute approximate surface area is 165 Å². The monoisotopic (exact) mass is 446 g/mol. The second-order valence-corrected chi connectivity index (χ2v) is 6.10. The molecule has 26 heavy (non-hydrogen) atoms. The molecule has 0 amide bonds. The molecule has 0 saturated carbocycles. The van der Waals surface area contributed by atoms with Gasteiger partial charge in [-0.2, -0.15) is 26.3 Å². The molecule has 0 unspecified atom stereocenters. The molecule has 1 aliphatic heterocycles. The van der Waals surface area contributed by atoms with Crippen LogP contribution in [0.25, 0.3) is 0 Å². The van der Waals surface area contributed by atoms with Gasteiger partial charge in [0.15, 0.2) is 0 Å². The highest BCUT2D eigenvalue weighted by Gasteiger charge is 2.35. The van der Waals surface area contributed by atoms with E-state index in [1.807, 2.05) is 4.90 Å². The van der Waals surface area contributed by atoms with Gasteiger partial charge in [0.05, 0.1) is 10.6 Å². The minimum Gasteiger partial charge on any atom is -0.314 e. The number of nitrogens with zero attached hydrogens (tertiary/aromatic N) is 1. The van der Waals surface area contributed by atoms with Crippen molar-refractivity contribution in [1.29, 1.82) is 0 Å². The summed E-state index contributed by atoms with van der Waals surface area (Å²) < 4.78 is 76.1. The van der Waals surface area contributed by atoms with Crippen LogP contribution < -0.4 is 5.32 Å². The molecule has 2 rings (SSSR count). The van der Waals surface area contributed by atoms with Crippen LogP contribution in [0.15, 0.2) is 18.2 Å². The van der Waals surface area contributed by atoms with Gasteiger partial charge in [0.25, 0.3) is 0 Å². The molecule has 1 atom stereocenters. The first-order valence-electron chi connectivity index (χ1n) is 7.46. The van der Waals surface area contributed by atoms with Crippen LogP contribution in [-0.4, -0.2) is 37.3 Å². The molecule has 1 N–H and O–H groups in total. The molecule has 152 valence electrons. The summed E-state index contributed by atoms with van der Waals surface area (Å²) in [4.78, 5) is 1.85. The van der Waals surface area contributed by atoms with Gasteiger partial charge in [-0.15, -0.1) is 24.8 Å². The molecular weight excluding hydrogens is 429 g/mol. The second-order valence-electron chi connectivity index (χ2n) is 5.69. The molecule has 1 saturated heterocycles. The normalized spacial score (nSPS) is 17.2. The van der Waals surface area contributed by atoms with Crippen LogP contribution in [-0.2, 0) is 6.18 Å². The summed E-state index contributed by atoms with van der Waals surface area (Å²) in [6, 6.07) is 2.57. The number of halogens is 9. The zero-order chi connectivity index (χ0) is 18.0. The molecule has 0 aromatic heterocycles. The fraction of sp³-hybridized carbons (Fsp3) is 0.600. The van der Waals surface area contributed by atoms with Gasteiger partial charge in [0.2, 0.25) is 0 Å². The van der Waals surface area contributed by atoms with Crippen LogP contribution in [0.1, 0.15) is 30.0 Å². The van der Waals surface area contributed by atoms with Gasteiger partial charge < -0.3 is 5.32 Å².